The van der Waals surface area contributed by atoms with Gasteiger partial charge < -0.3 is 4.90 Å². The molecule has 1 atom stereocenters. The number of nitrogens with zero attached hydrogens (tertiary/aromatic N) is 1. The molecule has 62 valence electrons. The van der Waals surface area contributed by atoms with Crippen molar-refractivity contribution in [2.45, 2.75) is 33.2 Å². The van der Waals surface area contributed by atoms with Gasteiger partial charge in [-0.05, 0) is 32.8 Å². The van der Waals surface area contributed by atoms with Crippen LogP contribution in [0, 0.1) is 0 Å². The molecule has 0 saturated carbocycles. The van der Waals surface area contributed by atoms with Crippen LogP contribution in [0.15, 0.2) is 23.9 Å². The second-order valence-corrected chi connectivity index (χ2v) is 3.10. The molecule has 1 saturated heterocycles. The van der Waals surface area contributed by atoms with E-state index in [1.807, 2.05) is 0 Å². The third-order valence-corrected chi connectivity index (χ3v) is 2.45. The predicted octanol–water partition coefficient (Wildman–Crippen LogP) is 2.56. The number of allylic oxidation sites excluding steroid dienone is 2. The molecule has 1 fully saturated rings. The van der Waals surface area contributed by atoms with Gasteiger partial charge in [0, 0.05) is 18.3 Å². The Morgan fingerprint density at radius 1 is 1.73 bits per heavy atom. The van der Waals surface area contributed by atoms with Gasteiger partial charge in [-0.25, -0.2) is 0 Å². The molecule has 0 spiro atoms. The number of hydrogen-bond acceptors (Lipinski definition) is 1. The Labute approximate surface area is 69.4 Å². The maximum absolute atomic E-state index is 4.07. The molecular formula is C10H17N. The van der Waals surface area contributed by atoms with Crippen LogP contribution in [0.4, 0.5) is 0 Å². The lowest BCUT2D eigenvalue weighted by Crippen LogP contribution is -2.24. The van der Waals surface area contributed by atoms with E-state index in [0.29, 0.717) is 6.04 Å². The van der Waals surface area contributed by atoms with Crippen LogP contribution >= 0.6 is 0 Å². The molecule has 1 aliphatic heterocycles. The predicted molar refractivity (Wildman–Crippen MR) is 49.4 cm³/mol. The minimum atomic E-state index is 0.652. The van der Waals surface area contributed by atoms with Gasteiger partial charge in [-0.2, -0.15) is 0 Å². The van der Waals surface area contributed by atoms with Gasteiger partial charge in [0.1, 0.15) is 0 Å². The molecule has 1 aliphatic rings. The first kappa shape index (κ1) is 8.38. The summed E-state index contributed by atoms with van der Waals surface area (Å²) in [6, 6.07) is 0.652. The minimum Gasteiger partial charge on any atom is -0.369 e. The van der Waals surface area contributed by atoms with E-state index in [1.165, 1.54) is 17.7 Å². The van der Waals surface area contributed by atoms with Crippen molar-refractivity contribution in [3.05, 3.63) is 23.9 Å². The van der Waals surface area contributed by atoms with E-state index in [2.05, 4.69) is 38.3 Å². The average Bonchev–Trinajstić information content (AvgIpc) is 2.26. The highest BCUT2D eigenvalue weighted by Crippen LogP contribution is 2.30. The highest BCUT2D eigenvalue weighted by molar-refractivity contribution is 5.32. The van der Waals surface area contributed by atoms with Gasteiger partial charge in [0.15, 0.2) is 0 Å². The van der Waals surface area contributed by atoms with Crippen molar-refractivity contribution in [2.75, 3.05) is 6.54 Å². The summed E-state index contributed by atoms with van der Waals surface area (Å²) in [5, 5.41) is 0. The molecule has 0 radical (unpaired) electrons. The van der Waals surface area contributed by atoms with E-state index < -0.39 is 0 Å². The molecule has 0 aromatic heterocycles. The zero-order valence-corrected chi connectivity index (χ0v) is 7.72. The van der Waals surface area contributed by atoms with Crippen molar-refractivity contribution in [1.82, 2.24) is 4.90 Å². The number of likely N-dealkylation sites (tertiary alicyclic amines) is 1. The SMILES string of the molecule is C=C1/C(=C/C)C[C@@H](C)N1CC. The lowest BCUT2D eigenvalue weighted by atomic mass is 10.1. The van der Waals surface area contributed by atoms with Gasteiger partial charge in [0.2, 0.25) is 0 Å². The van der Waals surface area contributed by atoms with E-state index in [1.54, 1.807) is 0 Å². The van der Waals surface area contributed by atoms with Gasteiger partial charge in [-0.15, -0.1) is 0 Å². The quantitative estimate of drug-likeness (QED) is 0.556. The fraction of sp³-hybridized carbons (Fsp3) is 0.600. The summed E-state index contributed by atoms with van der Waals surface area (Å²) in [5.41, 5.74) is 2.64. The molecule has 1 heteroatoms. The zero-order chi connectivity index (χ0) is 8.43. The van der Waals surface area contributed by atoms with Gasteiger partial charge in [-0.3, -0.25) is 0 Å². The first-order valence-electron chi connectivity index (χ1n) is 4.31. The Balaban J connectivity index is 2.79. The number of likely N-dealkylation sites (N-methyl/N-ethyl adjacent to an activating group) is 1. The molecule has 0 aromatic rings. The topological polar surface area (TPSA) is 3.24 Å². The molecule has 0 amide bonds. The molecule has 0 aromatic carbocycles. The van der Waals surface area contributed by atoms with E-state index in [4.69, 9.17) is 0 Å². The standard InChI is InChI=1S/C10H17N/c1-5-10-7-8(3)11(6-2)9(10)4/h5,8H,4,6-7H2,1-3H3/b10-5+/t8-/m1/s1. The van der Waals surface area contributed by atoms with Crippen molar-refractivity contribution < 1.29 is 0 Å². The fourth-order valence-corrected chi connectivity index (χ4v) is 1.78. The summed E-state index contributed by atoms with van der Waals surface area (Å²) < 4.78 is 0. The molecule has 1 nitrogen and oxygen atoms in total. The van der Waals surface area contributed by atoms with E-state index in [0.717, 1.165) is 6.54 Å². The zero-order valence-electron chi connectivity index (χ0n) is 7.72. The van der Waals surface area contributed by atoms with Gasteiger partial charge in [-0.1, -0.05) is 12.7 Å². The Morgan fingerprint density at radius 2 is 2.36 bits per heavy atom. The van der Waals surface area contributed by atoms with Gasteiger partial charge >= 0.3 is 0 Å². The normalized spacial score (nSPS) is 28.6. The lowest BCUT2D eigenvalue weighted by molar-refractivity contribution is 0.328. The van der Waals surface area contributed by atoms with Crippen LogP contribution in [0.5, 0.6) is 0 Å². The van der Waals surface area contributed by atoms with E-state index in [9.17, 15) is 0 Å². The maximum atomic E-state index is 4.07. The maximum Gasteiger partial charge on any atom is 0.0325 e. The third-order valence-electron chi connectivity index (χ3n) is 2.45. The molecule has 0 aliphatic carbocycles. The van der Waals surface area contributed by atoms with Crippen LogP contribution in [0.1, 0.15) is 27.2 Å². The average molecular weight is 151 g/mol. The molecule has 0 bridgehead atoms. The molecule has 1 rings (SSSR count). The van der Waals surface area contributed by atoms with Crippen molar-refractivity contribution in [2.24, 2.45) is 0 Å². The van der Waals surface area contributed by atoms with Gasteiger partial charge in [0.25, 0.3) is 0 Å². The Kier molecular flexibility index (Phi) is 2.38. The fourth-order valence-electron chi connectivity index (χ4n) is 1.78. The second kappa shape index (κ2) is 3.12. The van der Waals surface area contributed by atoms with E-state index in [-0.39, 0.29) is 0 Å². The van der Waals surface area contributed by atoms with Crippen molar-refractivity contribution in [3.8, 4) is 0 Å². The van der Waals surface area contributed by atoms with Crippen LogP contribution in [-0.4, -0.2) is 17.5 Å². The summed E-state index contributed by atoms with van der Waals surface area (Å²) in [4.78, 5) is 2.36. The van der Waals surface area contributed by atoms with Crippen LogP contribution in [-0.2, 0) is 0 Å². The first-order chi connectivity index (χ1) is 5.20. The lowest BCUT2D eigenvalue weighted by Gasteiger charge is -2.21. The first-order valence-corrected chi connectivity index (χ1v) is 4.31. The summed E-state index contributed by atoms with van der Waals surface area (Å²) in [6.45, 7) is 11.7. The highest BCUT2D eigenvalue weighted by atomic mass is 15.2. The Bertz CT molecular complexity index is 191. The molecule has 1 heterocycles. The minimum absolute atomic E-state index is 0.652. The van der Waals surface area contributed by atoms with E-state index >= 15 is 0 Å². The molecular weight excluding hydrogens is 134 g/mol. The molecule has 0 N–H and O–H groups in total. The largest absolute Gasteiger partial charge is 0.369 e. The van der Waals surface area contributed by atoms with Crippen LogP contribution in [0.3, 0.4) is 0 Å². The Morgan fingerprint density at radius 3 is 2.64 bits per heavy atom. The molecule has 0 unspecified atom stereocenters. The monoisotopic (exact) mass is 151 g/mol. The molecule has 11 heavy (non-hydrogen) atoms. The van der Waals surface area contributed by atoms with Crippen LogP contribution in [0.25, 0.3) is 0 Å². The summed E-state index contributed by atoms with van der Waals surface area (Å²) in [6.07, 6.45) is 3.34. The summed E-state index contributed by atoms with van der Waals surface area (Å²) >= 11 is 0. The van der Waals surface area contributed by atoms with Crippen molar-refractivity contribution >= 4 is 0 Å². The van der Waals surface area contributed by atoms with Gasteiger partial charge in [0.05, 0.1) is 0 Å². The summed E-state index contributed by atoms with van der Waals surface area (Å²) in [7, 11) is 0. The van der Waals surface area contributed by atoms with Crippen LogP contribution in [0.2, 0.25) is 0 Å². The summed E-state index contributed by atoms with van der Waals surface area (Å²) in [5.74, 6) is 0. The highest BCUT2D eigenvalue weighted by Gasteiger charge is 2.24. The van der Waals surface area contributed by atoms with Crippen LogP contribution < -0.4 is 0 Å². The third kappa shape index (κ3) is 1.32. The second-order valence-electron chi connectivity index (χ2n) is 3.10. The van der Waals surface area contributed by atoms with Crippen molar-refractivity contribution in [3.63, 3.8) is 0 Å². The number of rotatable bonds is 1. The van der Waals surface area contributed by atoms with Crippen molar-refractivity contribution in [1.29, 1.82) is 0 Å². The number of hydrogen-bond donors (Lipinski definition) is 0. The smallest absolute Gasteiger partial charge is 0.0325 e. The Hall–Kier alpha value is -0.720.